The second kappa shape index (κ2) is 5.00. The van der Waals surface area contributed by atoms with Crippen LogP contribution in [0.2, 0.25) is 0 Å². The van der Waals surface area contributed by atoms with Gasteiger partial charge >= 0.3 is 11.9 Å². The van der Waals surface area contributed by atoms with Crippen molar-refractivity contribution in [3.05, 3.63) is 33.6 Å². The Labute approximate surface area is 117 Å². The summed E-state index contributed by atoms with van der Waals surface area (Å²) in [5.74, 6) is -1.32. The number of rotatable bonds is 2. The number of methoxy groups -OCH3 is 2. The summed E-state index contributed by atoms with van der Waals surface area (Å²) in [5, 5.41) is 4.09. The zero-order chi connectivity index (χ0) is 14.2. The Kier molecular flexibility index (Phi) is 3.57. The average molecular weight is 327 g/mol. The first kappa shape index (κ1) is 13.5. The summed E-state index contributed by atoms with van der Waals surface area (Å²) in [7, 11) is 2.48. The zero-order valence-corrected chi connectivity index (χ0v) is 12.1. The first-order valence-electron chi connectivity index (χ1n) is 5.35. The normalized spacial score (nSPS) is 10.5. The van der Waals surface area contributed by atoms with Crippen molar-refractivity contribution in [3.63, 3.8) is 0 Å². The van der Waals surface area contributed by atoms with Crippen molar-refractivity contribution >= 4 is 33.4 Å². The Morgan fingerprint density at radius 3 is 2.42 bits per heavy atom. The molecule has 19 heavy (non-hydrogen) atoms. The molecule has 0 aliphatic heterocycles. The van der Waals surface area contributed by atoms with E-state index >= 15 is 0 Å². The molecule has 0 amide bonds. The Morgan fingerprint density at radius 1 is 1.21 bits per heavy atom. The third-order valence-corrected chi connectivity index (χ3v) is 3.17. The number of ether oxygens (including phenoxy) is 2. The molecule has 0 fully saturated rings. The molecule has 0 aromatic carbocycles. The van der Waals surface area contributed by atoms with Gasteiger partial charge in [-0.05, 0) is 40.5 Å². The van der Waals surface area contributed by atoms with Crippen molar-refractivity contribution in [1.29, 1.82) is 0 Å². The fourth-order valence-corrected chi connectivity index (χ4v) is 2.41. The van der Waals surface area contributed by atoms with E-state index in [2.05, 4.69) is 25.8 Å². The molecule has 2 aromatic heterocycles. The number of hydrogen-bond acceptors (Lipinski definition) is 5. The maximum absolute atomic E-state index is 11.9. The van der Waals surface area contributed by atoms with Crippen LogP contribution in [0.5, 0.6) is 0 Å². The number of halogens is 1. The van der Waals surface area contributed by atoms with E-state index in [0.717, 1.165) is 5.56 Å². The van der Waals surface area contributed by atoms with Crippen molar-refractivity contribution < 1.29 is 19.1 Å². The van der Waals surface area contributed by atoms with E-state index in [1.54, 1.807) is 6.07 Å². The lowest BCUT2D eigenvalue weighted by molar-refractivity contribution is 0.0553. The molecular weight excluding hydrogens is 316 g/mol. The van der Waals surface area contributed by atoms with Gasteiger partial charge in [0.15, 0.2) is 5.69 Å². The Bertz CT molecular complexity index is 678. The van der Waals surface area contributed by atoms with Crippen LogP contribution in [0, 0.1) is 6.92 Å². The second-order valence-corrected chi connectivity index (χ2v) is 4.67. The number of nitrogens with zero attached hydrogens (tertiary/aromatic N) is 2. The van der Waals surface area contributed by atoms with Gasteiger partial charge in [0, 0.05) is 0 Å². The molecule has 0 saturated carbocycles. The largest absolute Gasteiger partial charge is 0.465 e. The summed E-state index contributed by atoms with van der Waals surface area (Å²) in [6.45, 7) is 1.87. The number of carbonyl (C=O) groups is 2. The molecule has 0 radical (unpaired) electrons. The highest BCUT2D eigenvalue weighted by Gasteiger charge is 2.26. The number of pyridine rings is 1. The number of aryl methyl sites for hydroxylation is 1. The van der Waals surface area contributed by atoms with Crippen LogP contribution in [0.15, 0.2) is 16.7 Å². The summed E-state index contributed by atoms with van der Waals surface area (Å²) < 4.78 is 11.4. The van der Waals surface area contributed by atoms with E-state index in [9.17, 15) is 9.59 Å². The van der Waals surface area contributed by atoms with Gasteiger partial charge in [0.05, 0.1) is 19.7 Å². The van der Waals surface area contributed by atoms with Gasteiger partial charge in [0.2, 0.25) is 0 Å². The number of aromatic nitrogens is 2. The molecule has 0 saturated heterocycles. The van der Waals surface area contributed by atoms with E-state index < -0.39 is 11.9 Å². The van der Waals surface area contributed by atoms with Gasteiger partial charge in [-0.3, -0.25) is 0 Å². The molecule has 2 rings (SSSR count). The first-order valence-corrected chi connectivity index (χ1v) is 6.14. The molecule has 0 aliphatic rings. The van der Waals surface area contributed by atoms with Crippen LogP contribution in [0.1, 0.15) is 26.4 Å². The van der Waals surface area contributed by atoms with E-state index in [0.29, 0.717) is 10.1 Å². The average Bonchev–Trinajstić information content (AvgIpc) is 2.76. The predicted molar refractivity (Wildman–Crippen MR) is 70.3 cm³/mol. The zero-order valence-electron chi connectivity index (χ0n) is 10.6. The van der Waals surface area contributed by atoms with Gasteiger partial charge in [-0.1, -0.05) is 0 Å². The topological polar surface area (TPSA) is 69.9 Å². The Balaban J connectivity index is 2.85. The van der Waals surface area contributed by atoms with Crippen molar-refractivity contribution in [2.45, 2.75) is 6.92 Å². The third kappa shape index (κ3) is 2.21. The van der Waals surface area contributed by atoms with Gasteiger partial charge in [-0.15, -0.1) is 0 Å². The molecule has 0 spiro atoms. The quantitative estimate of drug-likeness (QED) is 0.623. The molecule has 0 aliphatic carbocycles. The van der Waals surface area contributed by atoms with E-state index in [1.807, 2.05) is 13.0 Å². The molecule has 7 heteroatoms. The van der Waals surface area contributed by atoms with Crippen LogP contribution in [0.25, 0.3) is 5.52 Å². The minimum atomic E-state index is -0.686. The maximum atomic E-state index is 11.9. The summed E-state index contributed by atoms with van der Waals surface area (Å²) >= 11 is 3.33. The van der Waals surface area contributed by atoms with Gasteiger partial charge in [0.25, 0.3) is 0 Å². The first-order chi connectivity index (χ1) is 8.99. The van der Waals surface area contributed by atoms with Gasteiger partial charge in [0.1, 0.15) is 10.2 Å². The van der Waals surface area contributed by atoms with E-state index in [4.69, 9.17) is 4.74 Å². The van der Waals surface area contributed by atoms with Crippen molar-refractivity contribution in [2.75, 3.05) is 14.2 Å². The highest BCUT2D eigenvalue weighted by atomic mass is 79.9. The number of carbonyl (C=O) groups excluding carboxylic acids is 2. The third-order valence-electron chi connectivity index (χ3n) is 2.60. The highest BCUT2D eigenvalue weighted by Crippen LogP contribution is 2.23. The number of hydrogen-bond donors (Lipinski definition) is 0. The van der Waals surface area contributed by atoms with Crippen LogP contribution in [0.3, 0.4) is 0 Å². The Morgan fingerprint density at radius 2 is 1.84 bits per heavy atom. The SMILES string of the molecule is COC(=O)c1nn2c(Br)cc(C)cc2c1C(=O)OC. The maximum Gasteiger partial charge on any atom is 0.359 e. The van der Waals surface area contributed by atoms with Crippen molar-refractivity contribution in [2.24, 2.45) is 0 Å². The van der Waals surface area contributed by atoms with Crippen LogP contribution < -0.4 is 0 Å². The number of esters is 2. The molecule has 0 N–H and O–H groups in total. The van der Waals surface area contributed by atoms with Crippen LogP contribution in [-0.2, 0) is 9.47 Å². The minimum absolute atomic E-state index is 0.0688. The van der Waals surface area contributed by atoms with Crippen LogP contribution in [0.4, 0.5) is 0 Å². The summed E-state index contributed by atoms with van der Waals surface area (Å²) in [5.41, 5.74) is 1.43. The van der Waals surface area contributed by atoms with Crippen molar-refractivity contribution in [3.8, 4) is 0 Å². The van der Waals surface area contributed by atoms with Gasteiger partial charge in [-0.25, -0.2) is 14.1 Å². The van der Waals surface area contributed by atoms with Crippen LogP contribution in [-0.4, -0.2) is 35.8 Å². The van der Waals surface area contributed by atoms with Gasteiger partial charge < -0.3 is 9.47 Å². The predicted octanol–water partition coefficient (Wildman–Crippen LogP) is 1.98. The fraction of sp³-hybridized carbons (Fsp3) is 0.250. The Hall–Kier alpha value is -1.89. The highest BCUT2D eigenvalue weighted by molar-refractivity contribution is 9.10. The lowest BCUT2D eigenvalue weighted by Gasteiger charge is -2.01. The molecule has 2 heterocycles. The fourth-order valence-electron chi connectivity index (χ4n) is 1.78. The lowest BCUT2D eigenvalue weighted by atomic mass is 10.1. The monoisotopic (exact) mass is 326 g/mol. The molecule has 0 bridgehead atoms. The molecular formula is C12H11BrN2O4. The van der Waals surface area contributed by atoms with Gasteiger partial charge in [-0.2, -0.15) is 5.10 Å². The number of fused-ring (bicyclic) bond motifs is 1. The smallest absolute Gasteiger partial charge is 0.359 e. The molecule has 2 aromatic rings. The van der Waals surface area contributed by atoms with E-state index in [1.165, 1.54) is 18.7 Å². The summed E-state index contributed by atoms with van der Waals surface area (Å²) in [6, 6.07) is 3.57. The van der Waals surface area contributed by atoms with E-state index in [-0.39, 0.29) is 11.3 Å². The molecule has 0 atom stereocenters. The summed E-state index contributed by atoms with van der Waals surface area (Å²) in [6.07, 6.45) is 0. The molecule has 100 valence electrons. The second-order valence-electron chi connectivity index (χ2n) is 3.86. The standard InChI is InChI=1S/C12H11BrN2O4/c1-6-4-7-9(11(16)18-2)10(12(17)19-3)14-15(7)8(13)5-6/h4-5H,1-3H3. The van der Waals surface area contributed by atoms with Crippen molar-refractivity contribution in [1.82, 2.24) is 9.61 Å². The van der Waals surface area contributed by atoms with Crippen LogP contribution >= 0.6 is 15.9 Å². The minimum Gasteiger partial charge on any atom is -0.465 e. The summed E-state index contributed by atoms with van der Waals surface area (Å²) in [4.78, 5) is 23.6. The molecule has 6 nitrogen and oxygen atoms in total. The molecule has 0 unspecified atom stereocenters. The lowest BCUT2D eigenvalue weighted by Crippen LogP contribution is -2.10.